The maximum absolute atomic E-state index is 14.2. The molecule has 0 aromatic heterocycles. The first-order valence-electron chi connectivity index (χ1n) is 7.90. The highest BCUT2D eigenvalue weighted by Crippen LogP contribution is 2.38. The van der Waals surface area contributed by atoms with Crippen molar-refractivity contribution in [3.05, 3.63) is 63.9 Å². The van der Waals surface area contributed by atoms with Gasteiger partial charge in [0.2, 0.25) is 0 Å². The molecule has 2 aromatic rings. The predicted molar refractivity (Wildman–Crippen MR) is 94.7 cm³/mol. The fourth-order valence-electron chi connectivity index (χ4n) is 3.27. The number of carbonyl (C=O) groups excluding carboxylic acids is 1. The van der Waals surface area contributed by atoms with Crippen LogP contribution in [0.25, 0.3) is 0 Å². The van der Waals surface area contributed by atoms with Gasteiger partial charge < -0.3 is 9.64 Å². The Morgan fingerprint density at radius 2 is 2.04 bits per heavy atom. The highest BCUT2D eigenvalue weighted by atomic mass is 79.9. The molecule has 0 spiro atoms. The third-order valence-electron chi connectivity index (χ3n) is 4.43. The SMILES string of the molecule is COc1cc(C(=O)N2CC(C)C[C@@H]2c2ccccc2F)ccc1Br. The van der Waals surface area contributed by atoms with Crippen LogP contribution < -0.4 is 4.74 Å². The lowest BCUT2D eigenvalue weighted by atomic mass is 10.00. The van der Waals surface area contributed by atoms with E-state index in [2.05, 4.69) is 22.9 Å². The van der Waals surface area contributed by atoms with Gasteiger partial charge in [0.05, 0.1) is 17.6 Å². The van der Waals surface area contributed by atoms with E-state index in [1.807, 2.05) is 6.07 Å². The fourth-order valence-corrected chi connectivity index (χ4v) is 3.68. The van der Waals surface area contributed by atoms with Gasteiger partial charge in [-0.05, 0) is 52.5 Å². The van der Waals surface area contributed by atoms with E-state index in [1.165, 1.54) is 6.07 Å². The molecule has 1 saturated heterocycles. The van der Waals surface area contributed by atoms with Crippen LogP contribution >= 0.6 is 15.9 Å². The number of ether oxygens (including phenoxy) is 1. The molecule has 3 rings (SSSR count). The van der Waals surface area contributed by atoms with Gasteiger partial charge in [0.1, 0.15) is 11.6 Å². The first-order chi connectivity index (χ1) is 11.5. The van der Waals surface area contributed by atoms with Gasteiger partial charge >= 0.3 is 0 Å². The smallest absolute Gasteiger partial charge is 0.254 e. The lowest BCUT2D eigenvalue weighted by molar-refractivity contribution is 0.0730. The van der Waals surface area contributed by atoms with Crippen LogP contribution in [-0.2, 0) is 0 Å². The zero-order valence-electron chi connectivity index (χ0n) is 13.6. The molecule has 2 aromatic carbocycles. The lowest BCUT2D eigenvalue weighted by Crippen LogP contribution is -2.31. The minimum Gasteiger partial charge on any atom is -0.496 e. The van der Waals surface area contributed by atoms with Crippen LogP contribution in [-0.4, -0.2) is 24.5 Å². The van der Waals surface area contributed by atoms with Crippen molar-refractivity contribution in [3.8, 4) is 5.75 Å². The van der Waals surface area contributed by atoms with E-state index in [-0.39, 0.29) is 17.8 Å². The van der Waals surface area contributed by atoms with Gasteiger partial charge in [-0.25, -0.2) is 4.39 Å². The van der Waals surface area contributed by atoms with Crippen molar-refractivity contribution in [3.63, 3.8) is 0 Å². The number of rotatable bonds is 3. The zero-order valence-corrected chi connectivity index (χ0v) is 15.2. The number of methoxy groups -OCH3 is 1. The third kappa shape index (κ3) is 3.18. The van der Waals surface area contributed by atoms with Crippen LogP contribution in [0.4, 0.5) is 4.39 Å². The Morgan fingerprint density at radius 3 is 2.75 bits per heavy atom. The Bertz CT molecular complexity index is 765. The van der Waals surface area contributed by atoms with Gasteiger partial charge in [-0.15, -0.1) is 0 Å². The summed E-state index contributed by atoms with van der Waals surface area (Å²) in [6.07, 6.45) is 0.764. The van der Waals surface area contributed by atoms with Crippen LogP contribution in [0.15, 0.2) is 46.9 Å². The second kappa shape index (κ2) is 6.93. The summed E-state index contributed by atoms with van der Waals surface area (Å²) >= 11 is 3.39. The van der Waals surface area contributed by atoms with Crippen LogP contribution in [0.1, 0.15) is 35.3 Å². The summed E-state index contributed by atoms with van der Waals surface area (Å²) in [5.41, 5.74) is 1.13. The minimum atomic E-state index is -0.261. The van der Waals surface area contributed by atoms with E-state index >= 15 is 0 Å². The molecular weight excluding hydrogens is 373 g/mol. The number of carbonyl (C=O) groups is 1. The molecule has 2 atom stereocenters. The molecule has 0 saturated carbocycles. The van der Waals surface area contributed by atoms with Crippen molar-refractivity contribution in [2.45, 2.75) is 19.4 Å². The molecular formula is C19H19BrFNO2. The highest BCUT2D eigenvalue weighted by molar-refractivity contribution is 9.10. The number of nitrogens with zero attached hydrogens (tertiary/aromatic N) is 1. The molecule has 0 radical (unpaired) electrons. The molecule has 0 aliphatic carbocycles. The molecule has 3 nitrogen and oxygen atoms in total. The van der Waals surface area contributed by atoms with Gasteiger partial charge in [0, 0.05) is 17.7 Å². The largest absolute Gasteiger partial charge is 0.496 e. The molecule has 24 heavy (non-hydrogen) atoms. The normalized spacial score (nSPS) is 20.2. The monoisotopic (exact) mass is 391 g/mol. The quantitative estimate of drug-likeness (QED) is 0.750. The van der Waals surface area contributed by atoms with Crippen molar-refractivity contribution < 1.29 is 13.9 Å². The predicted octanol–water partition coefficient (Wildman–Crippen LogP) is 4.82. The van der Waals surface area contributed by atoms with Crippen LogP contribution in [0.2, 0.25) is 0 Å². The zero-order chi connectivity index (χ0) is 17.3. The average molecular weight is 392 g/mol. The Hall–Kier alpha value is -1.88. The maximum Gasteiger partial charge on any atom is 0.254 e. The van der Waals surface area contributed by atoms with E-state index in [4.69, 9.17) is 4.74 Å². The van der Waals surface area contributed by atoms with E-state index in [0.29, 0.717) is 29.3 Å². The molecule has 126 valence electrons. The van der Waals surface area contributed by atoms with Gasteiger partial charge in [-0.1, -0.05) is 25.1 Å². The number of hydrogen-bond donors (Lipinski definition) is 0. The second-order valence-electron chi connectivity index (χ2n) is 6.19. The Balaban J connectivity index is 1.94. The Kier molecular flexibility index (Phi) is 4.90. The van der Waals surface area contributed by atoms with Crippen LogP contribution in [0.3, 0.4) is 0 Å². The topological polar surface area (TPSA) is 29.5 Å². The number of halogens is 2. The van der Waals surface area contributed by atoms with Crippen molar-refractivity contribution >= 4 is 21.8 Å². The molecule has 0 N–H and O–H groups in total. The lowest BCUT2D eigenvalue weighted by Gasteiger charge is -2.25. The molecule has 1 amide bonds. The molecule has 1 aliphatic heterocycles. The van der Waals surface area contributed by atoms with Crippen molar-refractivity contribution in [1.82, 2.24) is 4.90 Å². The van der Waals surface area contributed by atoms with Crippen LogP contribution in [0, 0.1) is 11.7 Å². The molecule has 5 heteroatoms. The molecule has 1 fully saturated rings. The molecule has 1 aliphatic rings. The summed E-state index contributed by atoms with van der Waals surface area (Å²) < 4.78 is 20.3. The number of amides is 1. The molecule has 1 heterocycles. The van der Waals surface area contributed by atoms with Gasteiger partial charge in [0.25, 0.3) is 5.91 Å². The third-order valence-corrected chi connectivity index (χ3v) is 5.09. The maximum atomic E-state index is 14.2. The molecule has 0 bridgehead atoms. The summed E-state index contributed by atoms with van der Waals surface area (Å²) in [5.74, 6) is 0.577. The molecule has 1 unspecified atom stereocenters. The number of benzene rings is 2. The van der Waals surface area contributed by atoms with Crippen LogP contribution in [0.5, 0.6) is 5.75 Å². The Morgan fingerprint density at radius 1 is 1.29 bits per heavy atom. The number of hydrogen-bond acceptors (Lipinski definition) is 2. The van der Waals surface area contributed by atoms with Crippen molar-refractivity contribution in [1.29, 1.82) is 0 Å². The standard InChI is InChI=1S/C19H19BrFNO2/c1-12-9-17(14-5-3-4-6-16(14)21)22(11-12)19(23)13-7-8-15(20)18(10-13)24-2/h3-8,10,12,17H,9,11H2,1-2H3/t12?,17-/m1/s1. The number of likely N-dealkylation sites (tertiary alicyclic amines) is 1. The first kappa shape index (κ1) is 17.0. The van der Waals surface area contributed by atoms with E-state index in [9.17, 15) is 9.18 Å². The highest BCUT2D eigenvalue weighted by Gasteiger charge is 2.36. The summed E-state index contributed by atoms with van der Waals surface area (Å²) in [6, 6.07) is 11.7. The second-order valence-corrected chi connectivity index (χ2v) is 7.04. The minimum absolute atomic E-state index is 0.0987. The Labute approximate surface area is 149 Å². The van der Waals surface area contributed by atoms with E-state index in [0.717, 1.165) is 10.9 Å². The van der Waals surface area contributed by atoms with E-state index in [1.54, 1.807) is 42.3 Å². The summed E-state index contributed by atoms with van der Waals surface area (Å²) in [5, 5.41) is 0. The summed E-state index contributed by atoms with van der Waals surface area (Å²) in [7, 11) is 1.56. The summed E-state index contributed by atoms with van der Waals surface area (Å²) in [4.78, 5) is 14.8. The van der Waals surface area contributed by atoms with E-state index < -0.39 is 0 Å². The van der Waals surface area contributed by atoms with Crippen molar-refractivity contribution in [2.75, 3.05) is 13.7 Å². The van der Waals surface area contributed by atoms with Gasteiger partial charge in [-0.3, -0.25) is 4.79 Å². The average Bonchev–Trinajstić information content (AvgIpc) is 2.96. The van der Waals surface area contributed by atoms with Crippen molar-refractivity contribution in [2.24, 2.45) is 5.92 Å². The fraction of sp³-hybridized carbons (Fsp3) is 0.316. The van der Waals surface area contributed by atoms with Gasteiger partial charge in [-0.2, -0.15) is 0 Å². The summed E-state index contributed by atoms with van der Waals surface area (Å²) in [6.45, 7) is 2.71. The first-order valence-corrected chi connectivity index (χ1v) is 8.69. The van der Waals surface area contributed by atoms with Gasteiger partial charge in [0.15, 0.2) is 0 Å².